The molecular weight excluding hydrogens is 448 g/mol. The Hall–Kier alpha value is -3.39. The van der Waals surface area contributed by atoms with Gasteiger partial charge < -0.3 is 25.2 Å². The zero-order valence-electron chi connectivity index (χ0n) is 19.5. The van der Waals surface area contributed by atoms with E-state index in [2.05, 4.69) is 17.4 Å². The summed E-state index contributed by atoms with van der Waals surface area (Å²) in [6.07, 6.45) is 2.72. The number of rotatable bonds is 5. The molecule has 8 nitrogen and oxygen atoms in total. The van der Waals surface area contributed by atoms with Crippen LogP contribution in [0.4, 0.5) is 4.79 Å². The van der Waals surface area contributed by atoms with Gasteiger partial charge >= 0.3 is 12.1 Å². The second kappa shape index (κ2) is 9.00. The summed E-state index contributed by atoms with van der Waals surface area (Å²) < 4.78 is 5.70. The standard InChI is InChI=1S/C27H30N2O6/c30-23(29-15-14-27(34,17-29)24(31)32)26(12-6-1-7-13-26)28-25(33)35-16-22-20-10-4-2-8-18(20)19-9-3-5-11-21(19)22/h2-5,8-11,22,34H,1,6-7,12-17H2,(H,28,33)(H,31,32). The Kier molecular flexibility index (Phi) is 6.01. The van der Waals surface area contributed by atoms with E-state index in [9.17, 15) is 24.6 Å². The van der Waals surface area contributed by atoms with E-state index in [0.717, 1.165) is 41.5 Å². The number of ether oxygens (including phenoxy) is 1. The van der Waals surface area contributed by atoms with Crippen molar-refractivity contribution in [2.75, 3.05) is 19.7 Å². The molecule has 0 radical (unpaired) electrons. The van der Waals surface area contributed by atoms with E-state index in [1.54, 1.807) is 0 Å². The van der Waals surface area contributed by atoms with Crippen molar-refractivity contribution >= 4 is 18.0 Å². The van der Waals surface area contributed by atoms with Crippen molar-refractivity contribution in [2.24, 2.45) is 0 Å². The van der Waals surface area contributed by atoms with E-state index in [1.807, 2.05) is 36.4 Å². The van der Waals surface area contributed by atoms with Gasteiger partial charge in [0.25, 0.3) is 0 Å². The van der Waals surface area contributed by atoms with Gasteiger partial charge in [0.2, 0.25) is 5.91 Å². The third kappa shape index (κ3) is 4.16. The zero-order valence-corrected chi connectivity index (χ0v) is 19.5. The van der Waals surface area contributed by atoms with Gasteiger partial charge in [0.1, 0.15) is 12.1 Å². The SMILES string of the molecule is O=C(NC1(C(=O)N2CCC(O)(C(=O)O)C2)CCCCC1)OCC1c2ccccc2-c2ccccc21. The number of aliphatic hydroxyl groups is 1. The van der Waals surface area contributed by atoms with Gasteiger partial charge in [0.15, 0.2) is 5.60 Å². The molecule has 3 aliphatic rings. The molecule has 3 N–H and O–H groups in total. The van der Waals surface area contributed by atoms with Crippen LogP contribution in [0.15, 0.2) is 48.5 Å². The molecule has 35 heavy (non-hydrogen) atoms. The van der Waals surface area contributed by atoms with E-state index in [-0.39, 0.29) is 37.9 Å². The first-order chi connectivity index (χ1) is 16.8. The smallest absolute Gasteiger partial charge is 0.408 e. The predicted molar refractivity (Wildman–Crippen MR) is 128 cm³/mol. The highest BCUT2D eigenvalue weighted by Crippen LogP contribution is 2.44. The Balaban J connectivity index is 1.30. The fourth-order valence-corrected chi connectivity index (χ4v) is 5.82. The maximum Gasteiger partial charge on any atom is 0.408 e. The van der Waals surface area contributed by atoms with Gasteiger partial charge in [-0.1, -0.05) is 67.8 Å². The first-order valence-electron chi connectivity index (χ1n) is 12.2. The molecule has 1 atom stereocenters. The van der Waals surface area contributed by atoms with Crippen LogP contribution in [0.5, 0.6) is 0 Å². The van der Waals surface area contributed by atoms with E-state index in [0.29, 0.717) is 12.8 Å². The third-order valence-electron chi connectivity index (χ3n) is 7.73. The molecule has 2 fully saturated rings. The number of fused-ring (bicyclic) bond motifs is 3. The van der Waals surface area contributed by atoms with Crippen LogP contribution in [0, 0.1) is 0 Å². The lowest BCUT2D eigenvalue weighted by atomic mass is 9.80. The molecule has 0 spiro atoms. The number of β-amino-alcohol motifs (C(OH)–C–C–N with tert-alkyl or cyclic N) is 1. The van der Waals surface area contributed by atoms with Crippen molar-refractivity contribution in [3.63, 3.8) is 0 Å². The summed E-state index contributed by atoms with van der Waals surface area (Å²) >= 11 is 0. The largest absolute Gasteiger partial charge is 0.479 e. The lowest BCUT2D eigenvalue weighted by Gasteiger charge is -2.39. The van der Waals surface area contributed by atoms with E-state index >= 15 is 0 Å². The van der Waals surface area contributed by atoms with Gasteiger partial charge in [-0.2, -0.15) is 0 Å². The Bertz CT molecular complexity index is 1110. The number of hydrogen-bond donors (Lipinski definition) is 3. The molecule has 0 bridgehead atoms. The minimum atomic E-state index is -1.95. The molecule has 1 saturated heterocycles. The van der Waals surface area contributed by atoms with Crippen LogP contribution in [0.25, 0.3) is 11.1 Å². The highest BCUT2D eigenvalue weighted by Gasteiger charge is 2.50. The fraction of sp³-hybridized carbons (Fsp3) is 0.444. The summed E-state index contributed by atoms with van der Waals surface area (Å²) in [6, 6.07) is 16.2. The van der Waals surface area contributed by atoms with Crippen LogP contribution in [0.2, 0.25) is 0 Å². The van der Waals surface area contributed by atoms with Crippen molar-refractivity contribution in [1.29, 1.82) is 0 Å². The number of nitrogens with zero attached hydrogens (tertiary/aromatic N) is 1. The second-order valence-corrected chi connectivity index (χ2v) is 9.91. The monoisotopic (exact) mass is 478 g/mol. The van der Waals surface area contributed by atoms with Crippen LogP contribution in [-0.4, -0.2) is 63.9 Å². The predicted octanol–water partition coefficient (Wildman–Crippen LogP) is 3.28. The van der Waals surface area contributed by atoms with Gasteiger partial charge in [-0.15, -0.1) is 0 Å². The van der Waals surface area contributed by atoms with Crippen molar-refractivity contribution in [1.82, 2.24) is 10.2 Å². The van der Waals surface area contributed by atoms with Gasteiger partial charge in [-0.05, 0) is 35.1 Å². The molecule has 0 aromatic heterocycles. The number of carbonyl (C=O) groups excluding carboxylic acids is 2. The summed E-state index contributed by atoms with van der Waals surface area (Å²) in [7, 11) is 0. The van der Waals surface area contributed by atoms with Crippen molar-refractivity contribution in [3.8, 4) is 11.1 Å². The minimum Gasteiger partial charge on any atom is -0.479 e. The number of carboxylic acid groups (broad SMARTS) is 1. The molecule has 2 aromatic rings. The van der Waals surface area contributed by atoms with Crippen LogP contribution < -0.4 is 5.32 Å². The summed E-state index contributed by atoms with van der Waals surface area (Å²) in [5.41, 5.74) is 1.39. The molecule has 1 saturated carbocycles. The first-order valence-corrected chi connectivity index (χ1v) is 12.2. The van der Waals surface area contributed by atoms with Crippen LogP contribution >= 0.6 is 0 Å². The number of carboxylic acids is 1. The number of likely N-dealkylation sites (tertiary alicyclic amines) is 1. The topological polar surface area (TPSA) is 116 Å². The number of benzene rings is 2. The van der Waals surface area contributed by atoms with Crippen LogP contribution in [0.3, 0.4) is 0 Å². The van der Waals surface area contributed by atoms with Crippen molar-refractivity contribution < 1.29 is 29.3 Å². The number of alkyl carbamates (subject to hydrolysis) is 1. The lowest BCUT2D eigenvalue weighted by molar-refractivity contribution is -0.157. The van der Waals surface area contributed by atoms with E-state index in [4.69, 9.17) is 4.74 Å². The molecular formula is C27H30N2O6. The summed E-state index contributed by atoms with van der Waals surface area (Å²) in [6.45, 7) is -0.00233. The number of hydrogen-bond acceptors (Lipinski definition) is 5. The van der Waals surface area contributed by atoms with Gasteiger partial charge in [0, 0.05) is 18.9 Å². The molecule has 8 heteroatoms. The van der Waals surface area contributed by atoms with Gasteiger partial charge in [-0.25, -0.2) is 9.59 Å². The Morgan fingerprint density at radius 2 is 1.54 bits per heavy atom. The number of carbonyl (C=O) groups is 3. The lowest BCUT2D eigenvalue weighted by Crippen LogP contribution is -2.61. The summed E-state index contributed by atoms with van der Waals surface area (Å²) in [4.78, 5) is 39.3. The van der Waals surface area contributed by atoms with Gasteiger partial charge in [-0.3, -0.25) is 4.79 Å². The molecule has 2 aliphatic carbocycles. The molecule has 5 rings (SSSR count). The van der Waals surface area contributed by atoms with Crippen molar-refractivity contribution in [3.05, 3.63) is 59.7 Å². The minimum absolute atomic E-state index is 0.0326. The van der Waals surface area contributed by atoms with Gasteiger partial charge in [0.05, 0.1) is 6.54 Å². The molecule has 1 aliphatic heterocycles. The fourth-order valence-electron chi connectivity index (χ4n) is 5.82. The average Bonchev–Trinajstić information content (AvgIpc) is 3.42. The van der Waals surface area contributed by atoms with E-state index < -0.39 is 23.2 Å². The molecule has 2 aromatic carbocycles. The summed E-state index contributed by atoms with van der Waals surface area (Å²) in [5, 5.41) is 22.5. The number of aliphatic carboxylic acids is 1. The number of nitrogens with one attached hydrogen (secondary N) is 1. The third-order valence-corrected chi connectivity index (χ3v) is 7.73. The zero-order chi connectivity index (χ0) is 24.6. The molecule has 1 unspecified atom stereocenters. The Morgan fingerprint density at radius 1 is 0.943 bits per heavy atom. The second-order valence-electron chi connectivity index (χ2n) is 9.91. The molecule has 1 heterocycles. The van der Waals surface area contributed by atoms with Crippen LogP contribution in [-0.2, 0) is 14.3 Å². The highest BCUT2D eigenvalue weighted by molar-refractivity contribution is 5.91. The molecule has 2 amide bonds. The first kappa shape index (κ1) is 23.4. The number of amides is 2. The summed E-state index contributed by atoms with van der Waals surface area (Å²) in [5.74, 6) is -1.77. The highest BCUT2D eigenvalue weighted by atomic mass is 16.5. The van der Waals surface area contributed by atoms with Crippen LogP contribution in [0.1, 0.15) is 55.6 Å². The molecule has 184 valence electrons. The quantitative estimate of drug-likeness (QED) is 0.607. The Labute approximate surface area is 203 Å². The van der Waals surface area contributed by atoms with Crippen molar-refractivity contribution in [2.45, 2.75) is 55.6 Å². The Morgan fingerprint density at radius 3 is 2.11 bits per heavy atom. The van der Waals surface area contributed by atoms with E-state index in [1.165, 1.54) is 4.90 Å². The maximum atomic E-state index is 13.5. The normalized spacial score (nSPS) is 22.8. The maximum absolute atomic E-state index is 13.5. The average molecular weight is 479 g/mol.